The van der Waals surface area contributed by atoms with Crippen molar-refractivity contribution in [2.45, 2.75) is 39.5 Å². The van der Waals surface area contributed by atoms with Gasteiger partial charge in [0.2, 0.25) is 0 Å². The van der Waals surface area contributed by atoms with Gasteiger partial charge in [0, 0.05) is 11.8 Å². The topological polar surface area (TPSA) is 73.8 Å². The highest BCUT2D eigenvalue weighted by atomic mass is 16.1. The van der Waals surface area contributed by atoms with Crippen LogP contribution in [0.4, 0.5) is 0 Å². The first kappa shape index (κ1) is 10.7. The van der Waals surface area contributed by atoms with Crippen LogP contribution in [-0.2, 0) is 11.8 Å². The van der Waals surface area contributed by atoms with Gasteiger partial charge < -0.3 is 5.84 Å². The molecule has 0 radical (unpaired) electrons. The van der Waals surface area contributed by atoms with Crippen LogP contribution in [-0.4, -0.2) is 14.9 Å². The van der Waals surface area contributed by atoms with Crippen molar-refractivity contribution in [3.05, 3.63) is 21.9 Å². The van der Waals surface area contributed by atoms with Crippen molar-refractivity contribution in [3.63, 3.8) is 0 Å². The number of nitrogen functional groups attached to an aromatic ring is 1. The number of hydrogen-bond acceptors (Lipinski definition) is 4. The number of nitrogens with zero attached hydrogens (tertiary/aromatic N) is 3. The maximum atomic E-state index is 11.7. The first-order valence-corrected chi connectivity index (χ1v) is 4.62. The molecule has 0 amide bonds. The molecule has 1 heterocycles. The highest BCUT2D eigenvalue weighted by Gasteiger charge is 2.22. The first-order chi connectivity index (χ1) is 6.38. The van der Waals surface area contributed by atoms with Crippen LogP contribution in [0.1, 0.15) is 39.2 Å². The normalized spacial score (nSPS) is 11.7. The number of aryl methyl sites for hydroxylation is 1. The highest BCUT2D eigenvalue weighted by Crippen LogP contribution is 2.14. The highest BCUT2D eigenvalue weighted by molar-refractivity contribution is 5.09. The van der Waals surface area contributed by atoms with E-state index >= 15 is 0 Å². The van der Waals surface area contributed by atoms with Gasteiger partial charge in [0.25, 0.3) is 5.56 Å². The summed E-state index contributed by atoms with van der Waals surface area (Å²) in [4.78, 5) is 11.7. The minimum absolute atomic E-state index is 0.260. The van der Waals surface area contributed by atoms with Crippen LogP contribution in [0.15, 0.2) is 4.79 Å². The summed E-state index contributed by atoms with van der Waals surface area (Å²) < 4.78 is 1.08. The molecule has 78 valence electrons. The predicted octanol–water partition coefficient (Wildman–Crippen LogP) is 0.212. The van der Waals surface area contributed by atoms with E-state index in [1.807, 2.05) is 27.7 Å². The van der Waals surface area contributed by atoms with Gasteiger partial charge in [-0.1, -0.05) is 27.7 Å². The molecule has 0 aromatic carbocycles. The third-order valence-corrected chi connectivity index (χ3v) is 1.99. The van der Waals surface area contributed by atoms with Gasteiger partial charge in [0.15, 0.2) is 5.82 Å². The van der Waals surface area contributed by atoms with Crippen LogP contribution in [0, 0.1) is 0 Å². The maximum Gasteiger partial charge on any atom is 0.294 e. The minimum Gasteiger partial charge on any atom is -0.335 e. The fourth-order valence-electron chi connectivity index (χ4n) is 1.14. The Morgan fingerprint density at radius 3 is 2.36 bits per heavy atom. The van der Waals surface area contributed by atoms with Gasteiger partial charge in [-0.2, -0.15) is 0 Å². The molecule has 1 aromatic rings. The Kier molecular flexibility index (Phi) is 2.59. The Morgan fingerprint density at radius 1 is 1.36 bits per heavy atom. The van der Waals surface area contributed by atoms with Gasteiger partial charge in [-0.05, 0) is 0 Å². The Labute approximate surface area is 82.9 Å². The average Bonchev–Trinajstić information content (AvgIpc) is 2.07. The second kappa shape index (κ2) is 3.40. The molecule has 5 heteroatoms. The van der Waals surface area contributed by atoms with Crippen LogP contribution in [0.2, 0.25) is 0 Å². The van der Waals surface area contributed by atoms with Crippen LogP contribution < -0.4 is 11.4 Å². The third-order valence-electron chi connectivity index (χ3n) is 1.99. The second-order valence-corrected chi connectivity index (χ2v) is 4.24. The van der Waals surface area contributed by atoms with Gasteiger partial charge in [-0.15, -0.1) is 10.2 Å². The first-order valence-electron chi connectivity index (χ1n) is 4.62. The average molecular weight is 196 g/mol. The molecule has 0 saturated carbocycles. The van der Waals surface area contributed by atoms with E-state index in [0.29, 0.717) is 17.9 Å². The van der Waals surface area contributed by atoms with Crippen LogP contribution in [0.25, 0.3) is 0 Å². The van der Waals surface area contributed by atoms with Crippen molar-refractivity contribution in [3.8, 4) is 0 Å². The molecule has 0 aliphatic heterocycles. The minimum atomic E-state index is -0.322. The van der Waals surface area contributed by atoms with Crippen molar-refractivity contribution >= 4 is 0 Å². The fraction of sp³-hybridized carbons (Fsp3) is 0.667. The second-order valence-electron chi connectivity index (χ2n) is 4.24. The van der Waals surface area contributed by atoms with E-state index in [4.69, 9.17) is 5.84 Å². The van der Waals surface area contributed by atoms with E-state index in [9.17, 15) is 4.79 Å². The quantitative estimate of drug-likeness (QED) is 0.652. The van der Waals surface area contributed by atoms with Gasteiger partial charge >= 0.3 is 0 Å². The van der Waals surface area contributed by atoms with Gasteiger partial charge in [-0.25, -0.2) is 4.68 Å². The van der Waals surface area contributed by atoms with Gasteiger partial charge in [-0.3, -0.25) is 4.79 Å². The SMILES string of the molecule is CCc1nnc(C(C)(C)C)c(=O)n1N. The smallest absolute Gasteiger partial charge is 0.294 e. The Morgan fingerprint density at radius 2 is 1.93 bits per heavy atom. The molecule has 0 unspecified atom stereocenters. The lowest BCUT2D eigenvalue weighted by molar-refractivity contribution is 0.529. The zero-order valence-electron chi connectivity index (χ0n) is 9.03. The maximum absolute atomic E-state index is 11.7. The standard InChI is InChI=1S/C9H16N4O/c1-5-6-11-12-7(9(2,3)4)8(14)13(6)10/h5,10H2,1-4H3. The van der Waals surface area contributed by atoms with E-state index in [2.05, 4.69) is 10.2 Å². The number of hydrogen-bond donors (Lipinski definition) is 1. The Hall–Kier alpha value is -1.39. The van der Waals surface area contributed by atoms with Crippen molar-refractivity contribution in [1.29, 1.82) is 0 Å². The molecular weight excluding hydrogens is 180 g/mol. The molecule has 0 bridgehead atoms. The van der Waals surface area contributed by atoms with Crippen molar-refractivity contribution in [1.82, 2.24) is 14.9 Å². The monoisotopic (exact) mass is 196 g/mol. The molecule has 0 aliphatic carbocycles. The van der Waals surface area contributed by atoms with Crippen LogP contribution in [0.5, 0.6) is 0 Å². The zero-order chi connectivity index (χ0) is 10.9. The summed E-state index contributed by atoms with van der Waals surface area (Å²) in [5, 5.41) is 7.83. The summed E-state index contributed by atoms with van der Waals surface area (Å²) in [6, 6.07) is 0. The number of aromatic nitrogens is 3. The van der Waals surface area contributed by atoms with Gasteiger partial charge in [0.05, 0.1) is 0 Å². The summed E-state index contributed by atoms with van der Waals surface area (Å²) in [5.74, 6) is 6.10. The van der Waals surface area contributed by atoms with Crippen LogP contribution in [0.3, 0.4) is 0 Å². The van der Waals surface area contributed by atoms with E-state index < -0.39 is 0 Å². The molecule has 0 saturated heterocycles. The molecule has 0 atom stereocenters. The molecule has 0 aliphatic rings. The van der Waals surface area contributed by atoms with E-state index in [1.165, 1.54) is 0 Å². The molecular formula is C9H16N4O. The summed E-state index contributed by atoms with van der Waals surface area (Å²) in [6.07, 6.45) is 0.600. The molecule has 14 heavy (non-hydrogen) atoms. The summed E-state index contributed by atoms with van der Waals surface area (Å²) in [6.45, 7) is 7.60. The summed E-state index contributed by atoms with van der Waals surface area (Å²) in [5.41, 5.74) is -0.182. The lowest BCUT2D eigenvalue weighted by Gasteiger charge is -2.16. The molecule has 1 rings (SSSR count). The molecule has 2 N–H and O–H groups in total. The van der Waals surface area contributed by atoms with E-state index in [0.717, 1.165) is 4.68 Å². The van der Waals surface area contributed by atoms with Crippen molar-refractivity contribution in [2.75, 3.05) is 5.84 Å². The largest absolute Gasteiger partial charge is 0.335 e. The Balaban J connectivity index is 3.40. The fourth-order valence-corrected chi connectivity index (χ4v) is 1.14. The Bertz CT molecular complexity index is 389. The third kappa shape index (κ3) is 1.76. The number of rotatable bonds is 1. The van der Waals surface area contributed by atoms with Crippen LogP contribution >= 0.6 is 0 Å². The van der Waals surface area contributed by atoms with Gasteiger partial charge in [0.1, 0.15) is 5.69 Å². The summed E-state index contributed by atoms with van der Waals surface area (Å²) >= 11 is 0. The lowest BCUT2D eigenvalue weighted by Crippen LogP contribution is -2.39. The molecule has 1 aromatic heterocycles. The zero-order valence-corrected chi connectivity index (χ0v) is 9.03. The molecule has 0 fully saturated rings. The number of nitrogens with two attached hydrogens (primary N) is 1. The van der Waals surface area contributed by atoms with Crippen molar-refractivity contribution < 1.29 is 0 Å². The van der Waals surface area contributed by atoms with E-state index in [1.54, 1.807) is 0 Å². The molecule has 5 nitrogen and oxygen atoms in total. The van der Waals surface area contributed by atoms with Crippen molar-refractivity contribution in [2.24, 2.45) is 0 Å². The summed E-state index contributed by atoms with van der Waals surface area (Å²) in [7, 11) is 0. The molecule has 0 spiro atoms. The van der Waals surface area contributed by atoms with E-state index in [-0.39, 0.29) is 11.0 Å². The lowest BCUT2D eigenvalue weighted by atomic mass is 9.93. The predicted molar refractivity (Wildman–Crippen MR) is 54.5 cm³/mol.